The Morgan fingerprint density at radius 1 is 1.00 bits per heavy atom. The molecule has 0 aliphatic heterocycles. The van der Waals surface area contributed by atoms with Crippen LogP contribution >= 0.6 is 12.4 Å². The van der Waals surface area contributed by atoms with E-state index < -0.39 is 11.0 Å². The molecule has 0 aromatic carbocycles. The van der Waals surface area contributed by atoms with E-state index in [1.807, 2.05) is 12.1 Å². The van der Waals surface area contributed by atoms with Crippen molar-refractivity contribution in [1.29, 1.82) is 0 Å². The highest BCUT2D eigenvalue weighted by Crippen LogP contribution is 1.65. The van der Waals surface area contributed by atoms with Gasteiger partial charge in [-0.25, -0.2) is 8.42 Å². The molecular formula is C6H11ClN4O3S. The Morgan fingerprint density at radius 2 is 1.33 bits per heavy atom. The molecule has 2 aromatic heterocycles. The molecule has 0 amide bonds. The Kier molecular flexibility index (Phi) is 13.5. The minimum absolute atomic E-state index is 0. The van der Waals surface area contributed by atoms with Gasteiger partial charge >= 0.3 is 0 Å². The summed E-state index contributed by atoms with van der Waals surface area (Å²) in [6.45, 7) is 0. The zero-order chi connectivity index (χ0) is 10.6. The zero-order valence-electron chi connectivity index (χ0n) is 7.48. The van der Waals surface area contributed by atoms with Gasteiger partial charge in [-0.05, 0) is 12.1 Å². The largest absolute Gasteiger partial charge is 0.288 e. The molecule has 86 valence electrons. The second-order valence-electron chi connectivity index (χ2n) is 1.77. The van der Waals surface area contributed by atoms with Crippen LogP contribution in [0, 0.1) is 0 Å². The number of halogens is 1. The predicted octanol–water partition coefficient (Wildman–Crippen LogP) is 0.312. The van der Waals surface area contributed by atoms with Crippen molar-refractivity contribution in [1.82, 2.24) is 20.4 Å². The van der Waals surface area contributed by atoms with Crippen molar-refractivity contribution in [3.05, 3.63) is 36.9 Å². The van der Waals surface area contributed by atoms with Crippen LogP contribution in [0.25, 0.3) is 0 Å². The minimum Gasteiger partial charge on any atom is -0.288 e. The highest BCUT2D eigenvalue weighted by Gasteiger charge is 1.57. The first-order valence-corrected chi connectivity index (χ1v) is 4.57. The number of nitrogens with one attached hydrogen (secondary N) is 2. The summed E-state index contributed by atoms with van der Waals surface area (Å²) in [5.74, 6) is 0. The van der Waals surface area contributed by atoms with Gasteiger partial charge in [0.15, 0.2) is 0 Å². The van der Waals surface area contributed by atoms with E-state index in [2.05, 4.69) is 20.4 Å². The number of H-pyrrole nitrogens is 2. The first kappa shape index (κ1) is 16.1. The van der Waals surface area contributed by atoms with Crippen LogP contribution in [0.15, 0.2) is 36.9 Å². The average molecular weight is 255 g/mol. The first-order valence-electron chi connectivity index (χ1n) is 3.44. The number of hydrogen-bond acceptors (Lipinski definition) is 4. The quantitative estimate of drug-likeness (QED) is 0.399. The van der Waals surface area contributed by atoms with E-state index >= 15 is 0 Å². The van der Waals surface area contributed by atoms with Crippen LogP contribution in [0.1, 0.15) is 0 Å². The maximum absolute atomic E-state index is 8.59. The van der Waals surface area contributed by atoms with Crippen molar-refractivity contribution in [2.24, 2.45) is 0 Å². The smallest absolute Gasteiger partial charge is 0.254 e. The van der Waals surface area contributed by atoms with E-state index in [9.17, 15) is 0 Å². The van der Waals surface area contributed by atoms with Gasteiger partial charge in [-0.1, -0.05) is 0 Å². The fraction of sp³-hybridized carbons (Fsp3) is 0. The van der Waals surface area contributed by atoms with Gasteiger partial charge in [0.2, 0.25) is 0 Å². The van der Waals surface area contributed by atoms with Gasteiger partial charge in [-0.2, -0.15) is 10.2 Å². The van der Waals surface area contributed by atoms with Gasteiger partial charge in [0, 0.05) is 24.8 Å². The number of rotatable bonds is 0. The molecule has 0 radical (unpaired) electrons. The molecule has 0 aliphatic carbocycles. The maximum atomic E-state index is 8.59. The van der Waals surface area contributed by atoms with E-state index in [1.54, 1.807) is 24.8 Å². The summed E-state index contributed by atoms with van der Waals surface area (Å²) in [6.07, 6.45) is 6.92. The molecule has 0 aliphatic rings. The van der Waals surface area contributed by atoms with Crippen LogP contribution in [0.5, 0.6) is 0 Å². The van der Waals surface area contributed by atoms with Gasteiger partial charge < -0.3 is 0 Å². The van der Waals surface area contributed by atoms with Crippen LogP contribution in [0.2, 0.25) is 0 Å². The van der Waals surface area contributed by atoms with Crippen LogP contribution < -0.4 is 0 Å². The number of nitrogens with zero attached hydrogens (tertiary/aromatic N) is 2. The second-order valence-corrected chi connectivity index (χ2v) is 2.25. The second kappa shape index (κ2) is 12.6. The van der Waals surface area contributed by atoms with Crippen molar-refractivity contribution in [2.75, 3.05) is 0 Å². The van der Waals surface area contributed by atoms with Gasteiger partial charge in [-0.3, -0.25) is 14.8 Å². The van der Waals surface area contributed by atoms with Crippen molar-refractivity contribution < 1.29 is 13.0 Å². The average Bonchev–Trinajstić information content (AvgIpc) is 2.83. The van der Waals surface area contributed by atoms with Gasteiger partial charge in [0.25, 0.3) is 11.0 Å². The molecule has 0 saturated heterocycles. The van der Waals surface area contributed by atoms with Gasteiger partial charge in [0.1, 0.15) is 0 Å². The monoisotopic (exact) mass is 254 g/mol. The van der Waals surface area contributed by atoms with E-state index in [0.29, 0.717) is 0 Å². The summed E-state index contributed by atoms with van der Waals surface area (Å²) in [6, 6.07) is 3.67. The molecule has 0 spiro atoms. The van der Waals surface area contributed by atoms with E-state index in [1.165, 1.54) is 0 Å². The molecule has 0 unspecified atom stereocenters. The molecule has 0 fully saturated rings. The molecular weight excluding hydrogens is 244 g/mol. The molecule has 9 heteroatoms. The minimum atomic E-state index is -3.12. The Morgan fingerprint density at radius 3 is 1.40 bits per heavy atom. The summed E-state index contributed by atoms with van der Waals surface area (Å²) >= 11 is 0. The molecule has 7 nitrogen and oxygen atoms in total. The summed E-state index contributed by atoms with van der Waals surface area (Å²) in [4.78, 5) is 0. The lowest BCUT2D eigenvalue weighted by atomic mass is 10.8. The Bertz CT molecular complexity index is 280. The van der Waals surface area contributed by atoms with E-state index in [4.69, 9.17) is 13.0 Å². The lowest BCUT2D eigenvalue weighted by Gasteiger charge is -1.49. The lowest BCUT2D eigenvalue weighted by Crippen LogP contribution is -1.58. The van der Waals surface area contributed by atoms with E-state index in [0.717, 1.165) is 0 Å². The van der Waals surface area contributed by atoms with Crippen LogP contribution in [0.4, 0.5) is 0 Å². The van der Waals surface area contributed by atoms with Gasteiger partial charge in [0.05, 0.1) is 0 Å². The van der Waals surface area contributed by atoms with Gasteiger partial charge in [-0.15, -0.1) is 12.4 Å². The highest BCUT2D eigenvalue weighted by atomic mass is 35.5. The number of aromatic amines is 2. The Labute approximate surface area is 94.1 Å². The number of thiol groups is 1. The summed E-state index contributed by atoms with van der Waals surface area (Å²) in [5, 5.41) is 12.4. The molecule has 3 N–H and O–H groups in total. The normalized spacial score (nSPS) is 7.60. The first-order chi connectivity index (χ1) is 6.73. The van der Waals surface area contributed by atoms with Crippen LogP contribution in [0.3, 0.4) is 0 Å². The molecule has 0 bridgehead atoms. The molecule has 15 heavy (non-hydrogen) atoms. The summed E-state index contributed by atoms with van der Waals surface area (Å²) in [7, 11) is -3.12. The third-order valence-corrected chi connectivity index (χ3v) is 0.812. The van der Waals surface area contributed by atoms with E-state index in [-0.39, 0.29) is 12.4 Å². The van der Waals surface area contributed by atoms with Crippen molar-refractivity contribution in [3.8, 4) is 0 Å². The fourth-order valence-corrected chi connectivity index (χ4v) is 0.430. The summed E-state index contributed by atoms with van der Waals surface area (Å²) < 4.78 is 24.2. The fourth-order valence-electron chi connectivity index (χ4n) is 0.430. The molecule has 0 saturated carbocycles. The van der Waals surface area contributed by atoms with Crippen molar-refractivity contribution >= 4 is 23.4 Å². The molecule has 2 rings (SSSR count). The Balaban J connectivity index is 0. The van der Waals surface area contributed by atoms with Crippen molar-refractivity contribution in [2.45, 2.75) is 0 Å². The Hall–Kier alpha value is -1.38. The predicted molar refractivity (Wildman–Crippen MR) is 57.4 cm³/mol. The third kappa shape index (κ3) is 19.2. The molecule has 2 heterocycles. The standard InChI is InChI=1S/2C3H4N2.ClH.H2O3S/c2*1-2-4-5-3-1;;1-4(2)3/h2*1-3H,(H,4,5);1H;4H,(H,1,2,3). The zero-order valence-corrected chi connectivity index (χ0v) is 9.19. The number of hydrogen-bond donors (Lipinski definition) is 4. The number of aromatic nitrogens is 4. The topological polar surface area (TPSA) is 112 Å². The summed E-state index contributed by atoms with van der Waals surface area (Å²) in [5.41, 5.74) is 0. The highest BCUT2D eigenvalue weighted by molar-refractivity contribution is 7.66. The SMILES string of the molecule is Cl.O=[SH](=O)O.c1cn[nH]c1.c1cn[nH]c1. The lowest BCUT2D eigenvalue weighted by molar-refractivity contribution is 0.509. The van der Waals surface area contributed by atoms with Crippen LogP contribution in [-0.4, -0.2) is 33.4 Å². The third-order valence-electron chi connectivity index (χ3n) is 0.812. The molecule has 0 atom stereocenters. The van der Waals surface area contributed by atoms with Crippen LogP contribution in [-0.2, 0) is 11.0 Å². The molecule has 2 aromatic rings. The van der Waals surface area contributed by atoms with Crippen molar-refractivity contribution in [3.63, 3.8) is 0 Å². The maximum Gasteiger partial charge on any atom is 0.254 e.